The molecule has 1 aliphatic carbocycles. The molecule has 2 aromatic heterocycles. The predicted molar refractivity (Wildman–Crippen MR) is 197 cm³/mol. The molecular weight excluding hydrogens is 585 g/mol. The highest BCUT2D eigenvalue weighted by molar-refractivity contribution is 6.19. The van der Waals surface area contributed by atoms with Crippen LogP contribution >= 0.6 is 0 Å². The van der Waals surface area contributed by atoms with E-state index in [2.05, 4.69) is 189 Å². The standard InChI is InChI=1S/C44H32N4/c1-3-13-30(14-4-1)43-42(45-44-26-12-11-21-41(44)48(43)44)29-22-24-32(25-23-29)47-38-20-10-8-18-34(38)36-27-35-33-17-7-9-19-37(33)46(39(35)28-40(36)47)31-15-5-2-6-16-31/h1-28,41-43,45H. The molecule has 0 amide bonds. The third-order valence-corrected chi connectivity index (χ3v) is 11.0. The van der Waals surface area contributed by atoms with Crippen molar-refractivity contribution in [2.75, 3.05) is 0 Å². The van der Waals surface area contributed by atoms with Gasteiger partial charge in [-0.25, -0.2) is 0 Å². The van der Waals surface area contributed by atoms with Crippen molar-refractivity contribution in [3.63, 3.8) is 0 Å². The molecular formula is C44H32N4. The first-order chi connectivity index (χ1) is 23.8. The average Bonchev–Trinajstić information content (AvgIpc) is 3.36. The third kappa shape index (κ3) is 3.51. The molecule has 4 heteroatoms. The Morgan fingerprint density at radius 1 is 0.479 bits per heavy atom. The van der Waals surface area contributed by atoms with E-state index in [-0.39, 0.29) is 17.7 Å². The Kier molecular flexibility index (Phi) is 5.32. The van der Waals surface area contributed by atoms with Gasteiger partial charge in [0.25, 0.3) is 0 Å². The van der Waals surface area contributed by atoms with Gasteiger partial charge in [0.1, 0.15) is 5.66 Å². The molecule has 0 radical (unpaired) electrons. The first kappa shape index (κ1) is 26.4. The van der Waals surface area contributed by atoms with Gasteiger partial charge in [-0.3, -0.25) is 10.2 Å². The molecule has 1 N–H and O–H groups in total. The second-order valence-corrected chi connectivity index (χ2v) is 13.4. The van der Waals surface area contributed by atoms with Crippen molar-refractivity contribution in [3.8, 4) is 11.4 Å². The second-order valence-electron chi connectivity index (χ2n) is 13.4. The van der Waals surface area contributed by atoms with Crippen molar-refractivity contribution in [1.82, 2.24) is 19.4 Å². The van der Waals surface area contributed by atoms with Crippen molar-refractivity contribution in [2.24, 2.45) is 0 Å². The fraction of sp³-hybridized carbons (Fsp3) is 0.0909. The molecule has 48 heavy (non-hydrogen) atoms. The maximum absolute atomic E-state index is 4.05. The number of rotatable bonds is 4. The molecule has 228 valence electrons. The van der Waals surface area contributed by atoms with Gasteiger partial charge in [-0.2, -0.15) is 0 Å². The van der Waals surface area contributed by atoms with Crippen LogP contribution in [0.15, 0.2) is 170 Å². The lowest BCUT2D eigenvalue weighted by molar-refractivity contribution is 0.375. The molecule has 2 saturated heterocycles. The van der Waals surface area contributed by atoms with Gasteiger partial charge in [0.2, 0.25) is 0 Å². The largest absolute Gasteiger partial charge is 0.309 e. The van der Waals surface area contributed by atoms with Gasteiger partial charge in [0.15, 0.2) is 0 Å². The normalized spacial score (nSPS) is 24.1. The summed E-state index contributed by atoms with van der Waals surface area (Å²) in [6, 6.07) is 54.3. The van der Waals surface area contributed by atoms with E-state index in [0.29, 0.717) is 6.04 Å². The molecule has 8 aromatic rings. The molecule has 6 aromatic carbocycles. The minimum absolute atomic E-state index is 0.0893. The molecule has 11 rings (SSSR count). The zero-order valence-corrected chi connectivity index (χ0v) is 26.2. The molecule has 4 nitrogen and oxygen atoms in total. The Morgan fingerprint density at radius 2 is 1.06 bits per heavy atom. The molecule has 4 heterocycles. The SMILES string of the molecule is C1=CC2N3C(c4ccccc4)C(c4ccc(-n5c6ccccc6c6cc7c8ccccc8n(-c8ccccc8)c7cc65)cc4)NC23C=C1. The molecule has 0 bridgehead atoms. The Labute approximate surface area is 278 Å². The second kappa shape index (κ2) is 9.68. The quantitative estimate of drug-likeness (QED) is 0.199. The predicted octanol–water partition coefficient (Wildman–Crippen LogP) is 9.77. The van der Waals surface area contributed by atoms with Gasteiger partial charge in [-0.15, -0.1) is 0 Å². The average molecular weight is 617 g/mol. The number of aromatic nitrogens is 2. The van der Waals surface area contributed by atoms with E-state index in [4.69, 9.17) is 0 Å². The molecule has 2 fully saturated rings. The van der Waals surface area contributed by atoms with Gasteiger partial charge < -0.3 is 9.13 Å². The van der Waals surface area contributed by atoms with Gasteiger partial charge in [0.05, 0.1) is 40.2 Å². The number of nitrogens with one attached hydrogen (secondary N) is 1. The Hall–Kier alpha value is -5.68. The van der Waals surface area contributed by atoms with E-state index in [0.717, 1.165) is 0 Å². The molecule has 0 saturated carbocycles. The fourth-order valence-corrected chi connectivity index (χ4v) is 8.91. The number of hydrogen-bond donors (Lipinski definition) is 1. The van der Waals surface area contributed by atoms with E-state index in [1.165, 1.54) is 66.1 Å². The first-order valence-electron chi connectivity index (χ1n) is 16.9. The van der Waals surface area contributed by atoms with E-state index in [1.807, 2.05) is 0 Å². The van der Waals surface area contributed by atoms with Crippen molar-refractivity contribution < 1.29 is 0 Å². The van der Waals surface area contributed by atoms with Crippen molar-refractivity contribution in [2.45, 2.75) is 23.8 Å². The van der Waals surface area contributed by atoms with Crippen LogP contribution in [0.25, 0.3) is 55.0 Å². The lowest BCUT2D eigenvalue weighted by Gasteiger charge is -2.26. The summed E-state index contributed by atoms with van der Waals surface area (Å²) in [7, 11) is 0. The molecule has 5 unspecified atom stereocenters. The van der Waals surface area contributed by atoms with Crippen LogP contribution in [0.2, 0.25) is 0 Å². The van der Waals surface area contributed by atoms with Gasteiger partial charge >= 0.3 is 0 Å². The Morgan fingerprint density at radius 3 is 1.73 bits per heavy atom. The van der Waals surface area contributed by atoms with Gasteiger partial charge in [-0.1, -0.05) is 115 Å². The van der Waals surface area contributed by atoms with Crippen LogP contribution < -0.4 is 5.32 Å². The molecule has 5 atom stereocenters. The number of allylic oxidation sites excluding steroid dienone is 2. The van der Waals surface area contributed by atoms with Crippen LogP contribution in [-0.4, -0.2) is 25.7 Å². The minimum Gasteiger partial charge on any atom is -0.309 e. The summed E-state index contributed by atoms with van der Waals surface area (Å²) < 4.78 is 4.86. The number of hydrogen-bond acceptors (Lipinski definition) is 2. The van der Waals surface area contributed by atoms with Crippen LogP contribution in [-0.2, 0) is 0 Å². The Bertz CT molecular complexity index is 2610. The van der Waals surface area contributed by atoms with Crippen LogP contribution in [0, 0.1) is 0 Å². The summed E-state index contributed by atoms with van der Waals surface area (Å²) in [5, 5.41) is 9.15. The molecule has 1 spiro atoms. The number of nitrogens with zero attached hydrogens (tertiary/aromatic N) is 3. The number of fused-ring (bicyclic) bond motifs is 7. The summed E-state index contributed by atoms with van der Waals surface area (Å²) >= 11 is 0. The maximum Gasteiger partial charge on any atom is 0.112 e. The smallest absolute Gasteiger partial charge is 0.112 e. The number of para-hydroxylation sites is 3. The van der Waals surface area contributed by atoms with Crippen LogP contribution in [0.1, 0.15) is 23.2 Å². The summed E-state index contributed by atoms with van der Waals surface area (Å²) in [6.07, 6.45) is 9.04. The van der Waals surface area contributed by atoms with Crippen molar-refractivity contribution >= 4 is 43.6 Å². The Balaban J connectivity index is 1.08. The fourth-order valence-electron chi connectivity index (χ4n) is 8.91. The van der Waals surface area contributed by atoms with Gasteiger partial charge in [0, 0.05) is 32.9 Å². The number of benzene rings is 6. The van der Waals surface area contributed by atoms with E-state index < -0.39 is 0 Å². The highest BCUT2D eigenvalue weighted by atomic mass is 15.6. The molecule has 2 aliphatic heterocycles. The monoisotopic (exact) mass is 616 g/mol. The van der Waals surface area contributed by atoms with E-state index in [9.17, 15) is 0 Å². The topological polar surface area (TPSA) is 24.9 Å². The zero-order chi connectivity index (χ0) is 31.4. The summed E-state index contributed by atoms with van der Waals surface area (Å²) in [6.45, 7) is 0. The first-order valence-corrected chi connectivity index (χ1v) is 16.9. The van der Waals surface area contributed by atoms with Crippen LogP contribution in [0.4, 0.5) is 0 Å². The minimum atomic E-state index is -0.0893. The zero-order valence-electron chi connectivity index (χ0n) is 26.2. The summed E-state index contributed by atoms with van der Waals surface area (Å²) in [5.41, 5.74) is 9.79. The highest BCUT2D eigenvalue weighted by Crippen LogP contribution is 2.59. The summed E-state index contributed by atoms with van der Waals surface area (Å²) in [4.78, 5) is 2.63. The van der Waals surface area contributed by atoms with Crippen LogP contribution in [0.5, 0.6) is 0 Å². The third-order valence-electron chi connectivity index (χ3n) is 11.0. The lowest BCUT2D eigenvalue weighted by Crippen LogP contribution is -2.34. The molecule has 3 aliphatic rings. The van der Waals surface area contributed by atoms with Crippen molar-refractivity contribution in [1.29, 1.82) is 0 Å². The highest BCUT2D eigenvalue weighted by Gasteiger charge is 2.70. The van der Waals surface area contributed by atoms with Gasteiger partial charge in [-0.05, 0) is 65.7 Å². The maximum atomic E-state index is 4.05. The number of piperazine rings is 1. The van der Waals surface area contributed by atoms with Crippen LogP contribution in [0.3, 0.4) is 0 Å². The lowest BCUT2D eigenvalue weighted by atomic mass is 9.93. The van der Waals surface area contributed by atoms with Crippen molar-refractivity contribution in [3.05, 3.63) is 181 Å². The van der Waals surface area contributed by atoms with E-state index in [1.54, 1.807) is 0 Å². The van der Waals surface area contributed by atoms with E-state index >= 15 is 0 Å². The summed E-state index contributed by atoms with van der Waals surface area (Å²) in [5.74, 6) is 0.